The van der Waals surface area contributed by atoms with E-state index in [0.717, 1.165) is 24.3 Å². The molecule has 1 atom stereocenters. The van der Waals surface area contributed by atoms with Crippen LogP contribution in [0.3, 0.4) is 0 Å². The maximum Gasteiger partial charge on any atom is 0.309 e. The fourth-order valence-corrected chi connectivity index (χ4v) is 3.69. The van der Waals surface area contributed by atoms with Crippen molar-refractivity contribution < 1.29 is 9.53 Å². The monoisotopic (exact) mass is 305 g/mol. The largest absolute Gasteiger partial charge is 0.469 e. The molecule has 0 spiro atoms. The van der Waals surface area contributed by atoms with Crippen LogP contribution in [0.15, 0.2) is 18.2 Å². The molecule has 1 heterocycles. The van der Waals surface area contributed by atoms with Gasteiger partial charge in [-0.2, -0.15) is 0 Å². The lowest BCUT2D eigenvalue weighted by atomic mass is 9.86. The van der Waals surface area contributed by atoms with E-state index in [2.05, 4.69) is 24.5 Å². The first-order chi connectivity index (χ1) is 10.0. The van der Waals surface area contributed by atoms with Crippen LogP contribution >= 0.6 is 11.6 Å². The summed E-state index contributed by atoms with van der Waals surface area (Å²) in [5.74, 6) is -0.138. The molecule has 3 rings (SSSR count). The highest BCUT2D eigenvalue weighted by molar-refractivity contribution is 6.31. The molecular weight excluding hydrogens is 286 g/mol. The summed E-state index contributed by atoms with van der Waals surface area (Å²) in [4.78, 5) is 11.9. The van der Waals surface area contributed by atoms with E-state index in [1.54, 1.807) is 0 Å². The summed E-state index contributed by atoms with van der Waals surface area (Å²) in [6.45, 7) is 4.39. The SMILES string of the molecule is COC(=O)C1CCc2c(c3cc(Cl)ccc3n2C(C)C)C1. The zero-order valence-electron chi connectivity index (χ0n) is 12.6. The molecule has 112 valence electrons. The summed E-state index contributed by atoms with van der Waals surface area (Å²) in [5, 5.41) is 1.92. The van der Waals surface area contributed by atoms with Gasteiger partial charge in [-0.25, -0.2) is 0 Å². The van der Waals surface area contributed by atoms with Gasteiger partial charge in [0.05, 0.1) is 13.0 Å². The van der Waals surface area contributed by atoms with Gasteiger partial charge in [-0.15, -0.1) is 0 Å². The molecule has 2 aromatic rings. The smallest absolute Gasteiger partial charge is 0.309 e. The molecule has 0 saturated heterocycles. The summed E-state index contributed by atoms with van der Waals surface area (Å²) in [7, 11) is 1.46. The quantitative estimate of drug-likeness (QED) is 0.780. The number of aromatic nitrogens is 1. The van der Waals surface area contributed by atoms with E-state index in [1.165, 1.54) is 29.3 Å². The lowest BCUT2D eigenvalue weighted by Crippen LogP contribution is -2.24. The van der Waals surface area contributed by atoms with Crippen LogP contribution in [0.5, 0.6) is 0 Å². The summed E-state index contributed by atoms with van der Waals surface area (Å²) >= 11 is 6.18. The van der Waals surface area contributed by atoms with E-state index in [1.807, 2.05) is 12.1 Å². The first-order valence-electron chi connectivity index (χ1n) is 7.42. The Morgan fingerprint density at radius 1 is 1.43 bits per heavy atom. The van der Waals surface area contributed by atoms with Gasteiger partial charge in [-0.1, -0.05) is 11.6 Å². The molecule has 4 heteroatoms. The number of esters is 1. The number of hydrogen-bond acceptors (Lipinski definition) is 2. The topological polar surface area (TPSA) is 31.2 Å². The van der Waals surface area contributed by atoms with Crippen molar-refractivity contribution in [2.24, 2.45) is 5.92 Å². The third kappa shape index (κ3) is 2.34. The van der Waals surface area contributed by atoms with Gasteiger partial charge in [0.2, 0.25) is 0 Å². The van der Waals surface area contributed by atoms with E-state index in [9.17, 15) is 4.79 Å². The highest BCUT2D eigenvalue weighted by atomic mass is 35.5. The van der Waals surface area contributed by atoms with Gasteiger partial charge in [-0.3, -0.25) is 4.79 Å². The molecular formula is C17H20ClNO2. The Hall–Kier alpha value is -1.48. The predicted molar refractivity (Wildman–Crippen MR) is 84.9 cm³/mol. The third-order valence-electron chi connectivity index (χ3n) is 4.41. The van der Waals surface area contributed by atoms with Crippen LogP contribution < -0.4 is 0 Å². The molecule has 3 nitrogen and oxygen atoms in total. The van der Waals surface area contributed by atoms with Crippen molar-refractivity contribution in [1.82, 2.24) is 4.57 Å². The third-order valence-corrected chi connectivity index (χ3v) is 4.65. The lowest BCUT2D eigenvalue weighted by molar-refractivity contribution is -0.145. The van der Waals surface area contributed by atoms with Crippen LogP contribution in [0, 0.1) is 5.92 Å². The lowest BCUT2D eigenvalue weighted by Gasteiger charge is -2.23. The number of carbonyl (C=O) groups excluding carboxylic acids is 1. The Labute approximate surface area is 129 Å². The number of fused-ring (bicyclic) bond motifs is 3. The van der Waals surface area contributed by atoms with Crippen LogP contribution in [0.4, 0.5) is 0 Å². The molecule has 0 amide bonds. The Balaban J connectivity index is 2.18. The number of rotatable bonds is 2. The molecule has 1 aromatic carbocycles. The number of benzene rings is 1. The predicted octanol–water partition coefficient (Wildman–Crippen LogP) is 4.15. The number of ether oxygens (including phenoxy) is 1. The standard InChI is InChI=1S/C17H20ClNO2/c1-10(2)19-15-6-4-11(17(20)21-3)8-13(15)14-9-12(18)5-7-16(14)19/h5,7,9-11H,4,6,8H2,1-3H3. The van der Waals surface area contributed by atoms with Crippen LogP contribution in [-0.4, -0.2) is 17.6 Å². The number of hydrogen-bond donors (Lipinski definition) is 0. The zero-order valence-corrected chi connectivity index (χ0v) is 13.4. The summed E-state index contributed by atoms with van der Waals surface area (Å²) in [5.41, 5.74) is 3.83. The molecule has 1 aromatic heterocycles. The average molecular weight is 306 g/mol. The maximum atomic E-state index is 11.9. The fourth-order valence-electron chi connectivity index (χ4n) is 3.52. The van der Waals surface area contributed by atoms with Gasteiger partial charge in [-0.05, 0) is 56.9 Å². The molecule has 0 fully saturated rings. The summed E-state index contributed by atoms with van der Waals surface area (Å²) in [6, 6.07) is 6.44. The minimum absolute atomic E-state index is 0.0345. The number of nitrogens with zero attached hydrogens (tertiary/aromatic N) is 1. The highest BCUT2D eigenvalue weighted by Gasteiger charge is 2.30. The van der Waals surface area contributed by atoms with Gasteiger partial charge in [0, 0.05) is 27.7 Å². The first-order valence-corrected chi connectivity index (χ1v) is 7.79. The second-order valence-electron chi connectivity index (χ2n) is 6.01. The normalized spacial score (nSPS) is 18.0. The second kappa shape index (κ2) is 5.38. The molecule has 1 aliphatic carbocycles. The average Bonchev–Trinajstić information content (AvgIpc) is 2.79. The van der Waals surface area contributed by atoms with E-state index in [-0.39, 0.29) is 11.9 Å². The second-order valence-corrected chi connectivity index (χ2v) is 6.45. The highest BCUT2D eigenvalue weighted by Crippen LogP contribution is 2.37. The van der Waals surface area contributed by atoms with Crippen LogP contribution in [0.25, 0.3) is 10.9 Å². The zero-order chi connectivity index (χ0) is 15.1. The van der Waals surface area contributed by atoms with Gasteiger partial charge in [0.1, 0.15) is 0 Å². The maximum absolute atomic E-state index is 11.9. The molecule has 21 heavy (non-hydrogen) atoms. The van der Waals surface area contributed by atoms with Crippen molar-refractivity contribution in [2.45, 2.75) is 39.2 Å². The summed E-state index contributed by atoms with van der Waals surface area (Å²) < 4.78 is 7.31. The molecule has 0 radical (unpaired) electrons. The molecule has 1 aliphatic rings. The van der Waals surface area contributed by atoms with Gasteiger partial charge >= 0.3 is 5.97 Å². The van der Waals surface area contributed by atoms with Crippen molar-refractivity contribution in [3.63, 3.8) is 0 Å². The van der Waals surface area contributed by atoms with Gasteiger partial charge in [0.15, 0.2) is 0 Å². The van der Waals surface area contributed by atoms with E-state index < -0.39 is 0 Å². The Morgan fingerprint density at radius 2 is 2.19 bits per heavy atom. The number of halogens is 1. The van der Waals surface area contributed by atoms with E-state index in [4.69, 9.17) is 16.3 Å². The van der Waals surface area contributed by atoms with Crippen LogP contribution in [0.1, 0.15) is 37.6 Å². The molecule has 1 unspecified atom stereocenters. The van der Waals surface area contributed by atoms with E-state index in [0.29, 0.717) is 6.04 Å². The van der Waals surface area contributed by atoms with E-state index >= 15 is 0 Å². The fraction of sp³-hybridized carbons (Fsp3) is 0.471. The Morgan fingerprint density at radius 3 is 2.86 bits per heavy atom. The van der Waals surface area contributed by atoms with Crippen molar-refractivity contribution in [3.05, 3.63) is 34.5 Å². The van der Waals surface area contributed by atoms with Gasteiger partial charge < -0.3 is 9.30 Å². The Bertz CT molecular complexity index is 702. The van der Waals surface area contributed by atoms with Crippen molar-refractivity contribution >= 4 is 28.5 Å². The van der Waals surface area contributed by atoms with Crippen LogP contribution in [0.2, 0.25) is 5.02 Å². The number of carbonyl (C=O) groups is 1. The molecule has 0 bridgehead atoms. The van der Waals surface area contributed by atoms with Crippen molar-refractivity contribution in [1.29, 1.82) is 0 Å². The van der Waals surface area contributed by atoms with Gasteiger partial charge in [0.25, 0.3) is 0 Å². The van der Waals surface area contributed by atoms with Crippen LogP contribution in [-0.2, 0) is 22.4 Å². The van der Waals surface area contributed by atoms with Crippen molar-refractivity contribution in [2.75, 3.05) is 7.11 Å². The number of methoxy groups -OCH3 is 1. The first kappa shape index (κ1) is 14.5. The molecule has 0 saturated carbocycles. The minimum atomic E-state index is -0.104. The van der Waals surface area contributed by atoms with Crippen molar-refractivity contribution in [3.8, 4) is 0 Å². The Kier molecular flexibility index (Phi) is 3.70. The summed E-state index contributed by atoms with van der Waals surface area (Å²) in [6.07, 6.45) is 2.52. The minimum Gasteiger partial charge on any atom is -0.469 e. The molecule has 0 aliphatic heterocycles. The molecule has 0 N–H and O–H groups in total.